The number of piperidine rings is 3. The van der Waals surface area contributed by atoms with Gasteiger partial charge in [-0.2, -0.15) is 5.10 Å². The molecule has 1 spiro atoms. The summed E-state index contributed by atoms with van der Waals surface area (Å²) in [6.45, 7) is 5.24. The highest BCUT2D eigenvalue weighted by Crippen LogP contribution is 2.44. The molecule has 1 unspecified atom stereocenters. The number of benzene rings is 2. The van der Waals surface area contributed by atoms with Crippen molar-refractivity contribution in [2.24, 2.45) is 18.4 Å². The van der Waals surface area contributed by atoms with E-state index in [1.165, 1.54) is 19.0 Å². The molecule has 2 N–H and O–H groups in total. The lowest BCUT2D eigenvalue weighted by molar-refractivity contribution is -0.135. The first-order valence-corrected chi connectivity index (χ1v) is 20.6. The molecule has 3 aromatic heterocycles. The van der Waals surface area contributed by atoms with Crippen molar-refractivity contribution in [1.29, 1.82) is 0 Å². The van der Waals surface area contributed by atoms with Crippen molar-refractivity contribution < 1.29 is 23.5 Å². The van der Waals surface area contributed by atoms with E-state index in [1.54, 1.807) is 23.3 Å². The molecule has 5 aromatic rings. The van der Waals surface area contributed by atoms with Crippen LogP contribution in [-0.4, -0.2) is 86.4 Å². The second-order valence-corrected chi connectivity index (χ2v) is 16.9. The number of imide groups is 1. The van der Waals surface area contributed by atoms with Gasteiger partial charge in [0.05, 0.1) is 52.8 Å². The van der Waals surface area contributed by atoms with Crippen LogP contribution in [0.15, 0.2) is 59.8 Å². The molecule has 14 nitrogen and oxygen atoms in total. The summed E-state index contributed by atoms with van der Waals surface area (Å²) in [6, 6.07) is 10.4. The minimum Gasteiger partial charge on any atom is -0.494 e. The number of likely N-dealkylation sites (tertiary alicyclic amines) is 1. The van der Waals surface area contributed by atoms with Crippen molar-refractivity contribution in [3.8, 4) is 5.75 Å². The molecule has 9 rings (SSSR count). The predicted molar refractivity (Wildman–Crippen MR) is 218 cm³/mol. The number of hydrogen-bond acceptors (Lipinski definition) is 9. The number of amides is 3. The molecule has 304 valence electrons. The van der Waals surface area contributed by atoms with E-state index in [-0.39, 0.29) is 23.6 Å². The summed E-state index contributed by atoms with van der Waals surface area (Å²) < 4.78 is 24.5. The maximum absolute atomic E-state index is 13.7. The number of pyridine rings is 1. The van der Waals surface area contributed by atoms with Crippen molar-refractivity contribution in [2.75, 3.05) is 50.1 Å². The Kier molecular flexibility index (Phi) is 10.0. The van der Waals surface area contributed by atoms with Gasteiger partial charge in [-0.3, -0.25) is 38.5 Å². The molecule has 6 heterocycles. The van der Waals surface area contributed by atoms with Gasteiger partial charge in [0, 0.05) is 56.9 Å². The number of imidazole rings is 1. The van der Waals surface area contributed by atoms with Gasteiger partial charge in [-0.1, -0.05) is 6.07 Å². The van der Waals surface area contributed by atoms with E-state index in [0.29, 0.717) is 35.2 Å². The first kappa shape index (κ1) is 38.0. The molecule has 1 saturated carbocycles. The van der Waals surface area contributed by atoms with Gasteiger partial charge in [-0.15, -0.1) is 0 Å². The highest BCUT2D eigenvalue weighted by molar-refractivity contribution is 6.06. The highest BCUT2D eigenvalue weighted by atomic mass is 19.1. The molecular formula is C43H50FN9O5. The van der Waals surface area contributed by atoms with Gasteiger partial charge < -0.3 is 19.9 Å². The monoisotopic (exact) mass is 791 g/mol. The first-order valence-electron chi connectivity index (χ1n) is 20.6. The second kappa shape index (κ2) is 15.3. The number of nitrogens with zero attached hydrogens (tertiary/aromatic N) is 7. The van der Waals surface area contributed by atoms with Crippen LogP contribution in [0.25, 0.3) is 21.9 Å². The maximum atomic E-state index is 13.7. The number of rotatable bonds is 8. The lowest BCUT2D eigenvalue weighted by Gasteiger charge is -2.48. The molecule has 0 bridgehead atoms. The van der Waals surface area contributed by atoms with Crippen molar-refractivity contribution in [2.45, 2.75) is 76.3 Å². The third kappa shape index (κ3) is 7.13. The topological polar surface area (TPSA) is 149 Å². The van der Waals surface area contributed by atoms with Gasteiger partial charge in [-0.05, 0) is 106 Å². The van der Waals surface area contributed by atoms with Gasteiger partial charge in [0.2, 0.25) is 11.8 Å². The average molecular weight is 792 g/mol. The lowest BCUT2D eigenvalue weighted by atomic mass is 9.71. The Labute approximate surface area is 335 Å². The number of ether oxygens (including phenoxy) is 1. The number of carbonyl (C=O) groups excluding carboxylic acids is 3. The fourth-order valence-corrected chi connectivity index (χ4v) is 10.0. The van der Waals surface area contributed by atoms with Crippen molar-refractivity contribution in [1.82, 2.24) is 34.1 Å². The first-order chi connectivity index (χ1) is 28.1. The summed E-state index contributed by atoms with van der Waals surface area (Å²) in [6.07, 6.45) is 14.1. The molecule has 3 amide bonds. The maximum Gasteiger partial charge on any atom is 0.329 e. The van der Waals surface area contributed by atoms with Crippen molar-refractivity contribution in [3.05, 3.63) is 76.9 Å². The van der Waals surface area contributed by atoms with E-state index in [0.717, 1.165) is 111 Å². The number of anilines is 2. The molecule has 2 aromatic carbocycles. The van der Waals surface area contributed by atoms with Crippen LogP contribution in [0.1, 0.15) is 86.6 Å². The zero-order chi connectivity index (χ0) is 40.1. The average Bonchev–Trinajstić information content (AvgIpc) is 3.76. The van der Waals surface area contributed by atoms with Crippen molar-refractivity contribution in [3.63, 3.8) is 0 Å². The van der Waals surface area contributed by atoms with Crippen LogP contribution < -0.4 is 26.0 Å². The summed E-state index contributed by atoms with van der Waals surface area (Å²) in [4.78, 5) is 59.7. The van der Waals surface area contributed by atoms with E-state index in [1.807, 2.05) is 30.5 Å². The Hall–Kier alpha value is -5.57. The Balaban J connectivity index is 0.777. The van der Waals surface area contributed by atoms with Crippen LogP contribution in [0.5, 0.6) is 5.75 Å². The van der Waals surface area contributed by atoms with Crippen LogP contribution in [-0.2, 0) is 16.6 Å². The van der Waals surface area contributed by atoms with Crippen LogP contribution in [0, 0.1) is 17.2 Å². The standard InChI is InChI=1S/C43H50FN9O5/c1-49-39-34(4-3-5-35(39)53(42(49)57)36-10-11-38(54)47-41(36)56)51-18-14-43(15-19-51)12-16-50(17-13-43)25-27-6-8-31(9-7-27)52-26-29-21-33(37(58-2)22-32(29)48-52)46-40(55)28-20-30(44)24-45-23-28/h3-5,20-24,26-27,31,36H,6-19,25H2,1-2H3,(H,46,55)(H,47,54,56). The number of carbonyl (C=O) groups is 3. The summed E-state index contributed by atoms with van der Waals surface area (Å²) in [5.74, 6) is -0.599. The zero-order valence-corrected chi connectivity index (χ0v) is 33.1. The quantitative estimate of drug-likeness (QED) is 0.192. The SMILES string of the molecule is COc1cc2nn(C3CCC(CN4CCC5(CC4)CCN(c4cccc6c4n(C)c(=O)n6C4CCC(=O)NC4=O)CC5)CC3)cc2cc1NC(=O)c1cncc(F)c1. The number of aryl methyl sites for hydroxylation is 1. The lowest BCUT2D eigenvalue weighted by Crippen LogP contribution is -2.48. The Morgan fingerprint density at radius 1 is 0.983 bits per heavy atom. The number of hydrogen-bond donors (Lipinski definition) is 2. The molecule has 4 fully saturated rings. The Morgan fingerprint density at radius 2 is 1.74 bits per heavy atom. The molecule has 4 aliphatic rings. The third-order valence-electron chi connectivity index (χ3n) is 13.5. The van der Waals surface area contributed by atoms with E-state index in [9.17, 15) is 23.6 Å². The summed E-state index contributed by atoms with van der Waals surface area (Å²) in [5, 5.41) is 11.0. The molecule has 3 aliphatic heterocycles. The van der Waals surface area contributed by atoms with E-state index in [2.05, 4.69) is 36.2 Å². The molecule has 15 heteroatoms. The molecular weight excluding hydrogens is 742 g/mol. The minimum absolute atomic E-state index is 0.128. The van der Waals surface area contributed by atoms with Gasteiger partial charge in [0.15, 0.2) is 0 Å². The minimum atomic E-state index is -0.691. The molecule has 1 atom stereocenters. The second-order valence-electron chi connectivity index (χ2n) is 16.9. The van der Waals surface area contributed by atoms with Crippen LogP contribution >= 0.6 is 0 Å². The van der Waals surface area contributed by atoms with Gasteiger partial charge in [0.1, 0.15) is 17.6 Å². The van der Waals surface area contributed by atoms with Gasteiger partial charge in [0.25, 0.3) is 5.91 Å². The van der Waals surface area contributed by atoms with Gasteiger partial charge >= 0.3 is 5.69 Å². The fourth-order valence-electron chi connectivity index (χ4n) is 10.0. The molecule has 0 radical (unpaired) electrons. The number of halogens is 1. The van der Waals surface area contributed by atoms with E-state index < -0.39 is 23.7 Å². The zero-order valence-electron chi connectivity index (χ0n) is 33.1. The number of methoxy groups -OCH3 is 1. The van der Waals surface area contributed by atoms with E-state index in [4.69, 9.17) is 9.84 Å². The Morgan fingerprint density at radius 3 is 2.47 bits per heavy atom. The van der Waals surface area contributed by atoms with Crippen molar-refractivity contribution >= 4 is 51.0 Å². The number of nitrogens with one attached hydrogen (secondary N) is 2. The number of aromatic nitrogens is 5. The van der Waals surface area contributed by atoms with Crippen LogP contribution in [0.3, 0.4) is 0 Å². The van der Waals surface area contributed by atoms with Crippen LogP contribution in [0.4, 0.5) is 15.8 Å². The van der Waals surface area contributed by atoms with Gasteiger partial charge in [-0.25, -0.2) is 9.18 Å². The highest BCUT2D eigenvalue weighted by Gasteiger charge is 2.39. The molecule has 1 aliphatic carbocycles. The normalized spacial score (nSPS) is 22.7. The van der Waals surface area contributed by atoms with Crippen LogP contribution in [0.2, 0.25) is 0 Å². The largest absolute Gasteiger partial charge is 0.494 e. The third-order valence-corrected chi connectivity index (χ3v) is 13.5. The Bertz CT molecular complexity index is 2450. The number of para-hydroxylation sites is 1. The van der Waals surface area contributed by atoms with E-state index >= 15 is 0 Å². The summed E-state index contributed by atoms with van der Waals surface area (Å²) >= 11 is 0. The summed E-state index contributed by atoms with van der Waals surface area (Å²) in [5.41, 5.74) is 4.13. The smallest absolute Gasteiger partial charge is 0.329 e. The molecule has 58 heavy (non-hydrogen) atoms. The predicted octanol–water partition coefficient (Wildman–Crippen LogP) is 5.58. The number of fused-ring (bicyclic) bond motifs is 2. The molecule has 3 saturated heterocycles. The summed E-state index contributed by atoms with van der Waals surface area (Å²) in [7, 11) is 3.32. The fraction of sp³-hybridized carbons (Fsp3) is 0.488.